The fourth-order valence-electron chi connectivity index (χ4n) is 1.54. The van der Waals surface area contributed by atoms with Crippen molar-refractivity contribution in [3.63, 3.8) is 0 Å². The molecule has 11 heavy (non-hydrogen) atoms. The molecule has 0 unspecified atom stereocenters. The van der Waals surface area contributed by atoms with E-state index < -0.39 is 0 Å². The molecule has 0 spiro atoms. The molecule has 2 N–H and O–H groups in total. The van der Waals surface area contributed by atoms with Gasteiger partial charge in [-0.25, -0.2) is 0 Å². The number of hydrogen-bond acceptors (Lipinski definition) is 2. The predicted molar refractivity (Wildman–Crippen MR) is 45.1 cm³/mol. The monoisotopic (exact) mass is 153 g/mol. The average molecular weight is 153 g/mol. The number of hydrogen-bond donors (Lipinski definition) is 2. The summed E-state index contributed by atoms with van der Waals surface area (Å²) in [6.07, 6.45) is 9.25. The van der Waals surface area contributed by atoms with Crippen LogP contribution in [0.15, 0.2) is 0 Å². The summed E-state index contributed by atoms with van der Waals surface area (Å²) >= 11 is 0. The Morgan fingerprint density at radius 3 is 2.82 bits per heavy atom. The van der Waals surface area contributed by atoms with Crippen molar-refractivity contribution >= 4 is 0 Å². The molecule has 62 valence electrons. The molecule has 1 rings (SSSR count). The Kier molecular flexibility index (Phi) is 3.41. The highest BCUT2D eigenvalue weighted by molar-refractivity contribution is 4.90. The first-order chi connectivity index (χ1) is 5.34. The second-order valence-corrected chi connectivity index (χ2v) is 3.04. The molecule has 0 aromatic carbocycles. The van der Waals surface area contributed by atoms with E-state index >= 15 is 0 Å². The third kappa shape index (κ3) is 2.53. The van der Waals surface area contributed by atoms with Crippen LogP contribution in [0, 0.1) is 12.3 Å². The van der Waals surface area contributed by atoms with Crippen LogP contribution < -0.4 is 5.32 Å². The van der Waals surface area contributed by atoms with Gasteiger partial charge >= 0.3 is 0 Å². The summed E-state index contributed by atoms with van der Waals surface area (Å²) in [5.41, 5.74) is 0. The lowest BCUT2D eigenvalue weighted by Crippen LogP contribution is -2.42. The second kappa shape index (κ2) is 4.38. The van der Waals surface area contributed by atoms with Gasteiger partial charge in [0.1, 0.15) is 0 Å². The molecular formula is C9H15NO. The normalized spacial score (nSPS) is 31.3. The lowest BCUT2D eigenvalue weighted by Gasteiger charge is -2.27. The van der Waals surface area contributed by atoms with Crippen molar-refractivity contribution in [2.45, 2.75) is 37.8 Å². The van der Waals surface area contributed by atoms with Gasteiger partial charge in [-0.3, -0.25) is 0 Å². The maximum atomic E-state index is 9.46. The Morgan fingerprint density at radius 1 is 1.45 bits per heavy atom. The van der Waals surface area contributed by atoms with E-state index in [2.05, 4.69) is 11.2 Å². The highest BCUT2D eigenvalue weighted by Gasteiger charge is 2.21. The zero-order valence-electron chi connectivity index (χ0n) is 6.71. The van der Waals surface area contributed by atoms with Gasteiger partial charge in [-0.15, -0.1) is 6.42 Å². The fourth-order valence-corrected chi connectivity index (χ4v) is 1.54. The van der Waals surface area contributed by atoms with E-state index in [1.54, 1.807) is 0 Å². The van der Waals surface area contributed by atoms with Crippen molar-refractivity contribution in [1.82, 2.24) is 5.32 Å². The summed E-state index contributed by atoms with van der Waals surface area (Å²) in [7, 11) is 0. The van der Waals surface area contributed by atoms with Gasteiger partial charge in [0.2, 0.25) is 0 Å². The summed E-state index contributed by atoms with van der Waals surface area (Å²) in [4.78, 5) is 0. The number of aliphatic hydroxyl groups is 1. The van der Waals surface area contributed by atoms with E-state index in [9.17, 15) is 5.11 Å². The lowest BCUT2D eigenvalue weighted by molar-refractivity contribution is 0.0931. The molecule has 1 fully saturated rings. The predicted octanol–water partition coefficient (Wildman–Crippen LogP) is 0.513. The quantitative estimate of drug-likeness (QED) is 0.567. The first-order valence-corrected chi connectivity index (χ1v) is 4.19. The first-order valence-electron chi connectivity index (χ1n) is 4.19. The van der Waals surface area contributed by atoms with Gasteiger partial charge in [-0.05, 0) is 12.8 Å². The van der Waals surface area contributed by atoms with Crippen molar-refractivity contribution in [2.24, 2.45) is 0 Å². The minimum Gasteiger partial charge on any atom is -0.392 e. The van der Waals surface area contributed by atoms with Gasteiger partial charge in [-0.2, -0.15) is 0 Å². The van der Waals surface area contributed by atoms with Gasteiger partial charge in [0.15, 0.2) is 0 Å². The average Bonchev–Trinajstić information content (AvgIpc) is 2.03. The topological polar surface area (TPSA) is 32.3 Å². The zero-order valence-corrected chi connectivity index (χ0v) is 6.71. The molecule has 1 aliphatic rings. The van der Waals surface area contributed by atoms with E-state index in [4.69, 9.17) is 6.42 Å². The summed E-state index contributed by atoms with van der Waals surface area (Å²) in [5, 5.41) is 12.6. The Balaban J connectivity index is 2.25. The Hall–Kier alpha value is -0.520. The molecule has 0 aromatic heterocycles. The standard InChI is InChI=1S/C9H15NO/c1-2-7-10-8-5-3-4-6-9(8)11/h1,8-11H,3-7H2/t8-,9-/m1/s1. The molecule has 0 amide bonds. The van der Waals surface area contributed by atoms with Crippen LogP contribution in [0.5, 0.6) is 0 Å². The molecule has 2 heteroatoms. The van der Waals surface area contributed by atoms with Crippen LogP contribution in [0.4, 0.5) is 0 Å². The molecule has 0 aliphatic heterocycles. The van der Waals surface area contributed by atoms with Crippen LogP contribution >= 0.6 is 0 Å². The van der Waals surface area contributed by atoms with Crippen molar-refractivity contribution < 1.29 is 5.11 Å². The minimum absolute atomic E-state index is 0.183. The molecule has 1 saturated carbocycles. The van der Waals surface area contributed by atoms with E-state index in [0.29, 0.717) is 6.54 Å². The SMILES string of the molecule is C#CCN[C@@H]1CCCC[C@H]1O. The number of aliphatic hydroxyl groups excluding tert-OH is 1. The van der Waals surface area contributed by atoms with Crippen molar-refractivity contribution in [3.05, 3.63) is 0 Å². The van der Waals surface area contributed by atoms with E-state index in [1.807, 2.05) is 0 Å². The van der Waals surface area contributed by atoms with Crippen LogP contribution in [0.3, 0.4) is 0 Å². The van der Waals surface area contributed by atoms with Crippen LogP contribution in [-0.4, -0.2) is 23.8 Å². The molecule has 1 aliphatic carbocycles. The number of rotatable bonds is 2. The summed E-state index contributed by atoms with van der Waals surface area (Å²) < 4.78 is 0. The van der Waals surface area contributed by atoms with Gasteiger partial charge in [0, 0.05) is 6.04 Å². The smallest absolute Gasteiger partial charge is 0.0693 e. The third-order valence-corrected chi connectivity index (χ3v) is 2.20. The molecule has 0 aromatic rings. The second-order valence-electron chi connectivity index (χ2n) is 3.04. The third-order valence-electron chi connectivity index (χ3n) is 2.20. The Bertz CT molecular complexity index is 150. The Morgan fingerprint density at radius 2 is 2.18 bits per heavy atom. The maximum absolute atomic E-state index is 9.46. The number of nitrogens with one attached hydrogen (secondary N) is 1. The first kappa shape index (κ1) is 8.58. The van der Waals surface area contributed by atoms with Gasteiger partial charge in [0.25, 0.3) is 0 Å². The summed E-state index contributed by atoms with van der Waals surface area (Å²) in [6, 6.07) is 0.236. The highest BCUT2D eigenvalue weighted by Crippen LogP contribution is 2.17. The highest BCUT2D eigenvalue weighted by atomic mass is 16.3. The van der Waals surface area contributed by atoms with Crippen LogP contribution in [0.1, 0.15) is 25.7 Å². The van der Waals surface area contributed by atoms with Crippen molar-refractivity contribution in [3.8, 4) is 12.3 Å². The van der Waals surface area contributed by atoms with Crippen LogP contribution in [0.25, 0.3) is 0 Å². The summed E-state index contributed by atoms with van der Waals surface area (Å²) in [6.45, 7) is 0.571. The maximum Gasteiger partial charge on any atom is 0.0693 e. The van der Waals surface area contributed by atoms with Crippen LogP contribution in [-0.2, 0) is 0 Å². The molecule has 0 heterocycles. The molecular weight excluding hydrogens is 138 g/mol. The fraction of sp³-hybridized carbons (Fsp3) is 0.778. The molecule has 0 saturated heterocycles. The molecule has 0 radical (unpaired) electrons. The summed E-state index contributed by atoms with van der Waals surface area (Å²) in [5.74, 6) is 2.51. The minimum atomic E-state index is -0.183. The zero-order chi connectivity index (χ0) is 8.10. The lowest BCUT2D eigenvalue weighted by atomic mass is 9.93. The van der Waals surface area contributed by atoms with E-state index in [1.165, 1.54) is 6.42 Å². The van der Waals surface area contributed by atoms with Gasteiger partial charge < -0.3 is 10.4 Å². The Labute approximate surface area is 68.0 Å². The van der Waals surface area contributed by atoms with E-state index in [-0.39, 0.29) is 12.1 Å². The molecule has 0 bridgehead atoms. The van der Waals surface area contributed by atoms with Gasteiger partial charge in [-0.1, -0.05) is 18.8 Å². The van der Waals surface area contributed by atoms with E-state index in [0.717, 1.165) is 19.3 Å². The largest absolute Gasteiger partial charge is 0.392 e. The van der Waals surface area contributed by atoms with Crippen molar-refractivity contribution in [1.29, 1.82) is 0 Å². The number of terminal acetylenes is 1. The van der Waals surface area contributed by atoms with Gasteiger partial charge in [0.05, 0.1) is 12.6 Å². The molecule has 2 atom stereocenters. The molecule has 2 nitrogen and oxygen atoms in total. The van der Waals surface area contributed by atoms with Crippen molar-refractivity contribution in [2.75, 3.05) is 6.54 Å². The van der Waals surface area contributed by atoms with Crippen LogP contribution in [0.2, 0.25) is 0 Å².